The average molecular weight is 1560 g/mol. The first-order chi connectivity index (χ1) is 49.3. The molecule has 0 aliphatic carbocycles. The molecule has 105 heavy (non-hydrogen) atoms. The zero-order valence-electron chi connectivity index (χ0n) is 62.6. The number of aliphatic hydroxyl groups excluding tert-OH is 1. The van der Waals surface area contributed by atoms with Crippen LogP contribution in [0.15, 0.2) is 181 Å². The fraction of sp³-hybridized carbons (Fsp3) is 0.300. The molecule has 0 bridgehead atoms. The van der Waals surface area contributed by atoms with E-state index < -0.39 is 9.85 Å². The lowest BCUT2D eigenvalue weighted by atomic mass is 9.81. The molecule has 554 valence electrons. The molecule has 1 atom stereocenters. The number of carbonyl (C=O) groups excluding carboxylic acids is 6. The molecular formula is C80H94BBr2N9O13. The third-order valence-corrected chi connectivity index (χ3v) is 17.8. The van der Waals surface area contributed by atoms with Gasteiger partial charge in [-0.1, -0.05) is 210 Å². The highest BCUT2D eigenvalue weighted by Crippen LogP contribution is 2.38. The summed E-state index contributed by atoms with van der Waals surface area (Å²) in [6, 6.07) is 39.8. The minimum atomic E-state index is -0.583. The average Bonchev–Trinajstić information content (AvgIpc) is 1.66. The largest absolute Gasteiger partial charge is 0.489 e. The number of allylic oxidation sites excluding steroid dienone is 4. The Morgan fingerprint density at radius 1 is 0.648 bits per heavy atom. The van der Waals surface area contributed by atoms with E-state index in [-0.39, 0.29) is 55.3 Å². The molecule has 4 N–H and O–H groups in total. The van der Waals surface area contributed by atoms with Gasteiger partial charge >= 0.3 is 37.5 Å². The topological polar surface area (TPSA) is 318 Å². The second-order valence-electron chi connectivity index (χ2n) is 25.9. The van der Waals surface area contributed by atoms with E-state index in [1.807, 2.05) is 111 Å². The predicted molar refractivity (Wildman–Crippen MR) is 417 cm³/mol. The van der Waals surface area contributed by atoms with Crippen LogP contribution >= 0.6 is 31.9 Å². The van der Waals surface area contributed by atoms with Crippen LogP contribution in [0.1, 0.15) is 156 Å². The number of rotatable bonds is 6. The van der Waals surface area contributed by atoms with Gasteiger partial charge in [-0.15, -0.1) is 6.58 Å². The van der Waals surface area contributed by atoms with Crippen molar-refractivity contribution in [1.82, 2.24) is 29.1 Å². The van der Waals surface area contributed by atoms with Gasteiger partial charge < -0.3 is 44.9 Å². The fourth-order valence-electron chi connectivity index (χ4n) is 10.3. The molecule has 6 heterocycles. The number of hydrogen-bond acceptors (Lipinski definition) is 17. The first-order valence-electron chi connectivity index (χ1n) is 32.8. The standard InChI is InChI=1S/C14H13N3O2.C14H17N3.C11H14O.C11H14.C9H17BO2.C8H9Br.C7H7Br.C3H3N3O2.3CO2/c1-9-3-4-11-8-16-12(6-10(2)13(11)5-9)7-15-14(16)17(18)19;1-9-3-4-11-8-17-12(7-16-14(17)15)6-10(2)13(11)5-9;1-8(2)11-6-9(3)4-5-10(11)7-12;1-8(2)11-7-9(3)5-6-10(11)4;1-7(2)10-11-8(3,4)9(5,6)12-10;1-6-3-4-7(2)8(9)5-6;1-6-3-2-4-7(8)5-6;7-6(8)3-4-1-2-5-3;3*2-1-3/h3-5,7H,2,6,8H2,1H3;3-5,7,10H,6,8H2,1-2H3,(H2,15,16);4-6,12H,1,7H2,2-3H3;5-7H,1H2,2-4H3;1H2,2-6H3;3-5H,1-2H3;2-5H,1H3;1-2H,(H,4,5);;;. The van der Waals surface area contributed by atoms with E-state index in [1.54, 1.807) is 10.8 Å². The van der Waals surface area contributed by atoms with Crippen LogP contribution in [0.2, 0.25) is 0 Å². The number of aliphatic hydroxyl groups is 1. The number of imidazole rings is 3. The third kappa shape index (κ3) is 29.7. The molecule has 0 spiro atoms. The van der Waals surface area contributed by atoms with Gasteiger partial charge in [0.1, 0.15) is 18.1 Å². The summed E-state index contributed by atoms with van der Waals surface area (Å²) in [6.45, 7) is 50.1. The van der Waals surface area contributed by atoms with E-state index in [1.165, 1.54) is 83.8 Å². The Morgan fingerprint density at radius 3 is 1.58 bits per heavy atom. The summed E-state index contributed by atoms with van der Waals surface area (Å²) in [7, 11) is -0.241. The minimum absolute atomic E-state index is 0.0858. The van der Waals surface area contributed by atoms with Crippen LogP contribution in [0.4, 0.5) is 17.8 Å². The van der Waals surface area contributed by atoms with Crippen molar-refractivity contribution >= 4 is 92.0 Å². The van der Waals surface area contributed by atoms with Crippen molar-refractivity contribution in [3.63, 3.8) is 0 Å². The molecule has 0 amide bonds. The number of hydrogen-bond donors (Lipinski definition) is 3. The van der Waals surface area contributed by atoms with E-state index >= 15 is 0 Å². The van der Waals surface area contributed by atoms with Gasteiger partial charge in [0.2, 0.25) is 5.95 Å². The van der Waals surface area contributed by atoms with E-state index in [9.17, 15) is 20.2 Å². The fourth-order valence-corrected chi connectivity index (χ4v) is 11.3. The number of nitrogens with zero attached hydrogens (tertiary/aromatic N) is 7. The normalized spacial score (nSPS) is 13.0. The van der Waals surface area contributed by atoms with Crippen molar-refractivity contribution in [3.8, 4) is 0 Å². The summed E-state index contributed by atoms with van der Waals surface area (Å²) in [6.07, 6.45) is 8.57. The molecule has 1 saturated heterocycles. The summed E-state index contributed by atoms with van der Waals surface area (Å²) < 4.78 is 17.5. The minimum Gasteiger partial charge on any atom is -0.400 e. The number of anilines is 1. The number of nitrogens with two attached hydrogens (primary N) is 1. The molecule has 6 aromatic carbocycles. The predicted octanol–water partition coefficient (Wildman–Crippen LogP) is 17.6. The molecule has 12 rings (SSSR count). The molecule has 22 nitrogen and oxygen atoms in total. The molecule has 3 aliphatic heterocycles. The lowest BCUT2D eigenvalue weighted by Gasteiger charge is -2.32. The van der Waals surface area contributed by atoms with Crippen LogP contribution in [0, 0.1) is 75.6 Å². The number of nitro groups is 2. The zero-order chi connectivity index (χ0) is 79.6. The molecule has 9 aromatic rings. The summed E-state index contributed by atoms with van der Waals surface area (Å²) in [4.78, 5) is 82.3. The molecule has 1 unspecified atom stereocenters. The summed E-state index contributed by atoms with van der Waals surface area (Å²) >= 11 is 6.81. The molecule has 3 aliphatic rings. The van der Waals surface area contributed by atoms with Crippen molar-refractivity contribution in [2.75, 3.05) is 5.73 Å². The Kier molecular flexibility index (Phi) is 38.2. The smallest absolute Gasteiger partial charge is 0.400 e. The number of H-pyrrole nitrogens is 1. The number of aryl methyl sites for hydroxylation is 8. The maximum atomic E-state index is 11.0. The summed E-state index contributed by atoms with van der Waals surface area (Å²) in [5, 5.41) is 29.8. The van der Waals surface area contributed by atoms with Crippen LogP contribution in [0.25, 0.3) is 16.7 Å². The SMILES string of the molecule is C=C(C)B1OC(C)(C)C(C)(C)O1.C=C(C)c1cc(C)ccc1C.C=C(C)c1cc(C)ccc1CO.C=C1Cc2cnc([N+](=O)[O-])n2Cc2ccc(C)cc21.Cc1ccc(C)c(Br)c1.Cc1ccc2c(c1)C(C)Cc1cnc(N)n1C2.Cc1cccc(Br)c1.O=C=O.O=C=O.O=C=O.O=[N+]([O-])c1ncc[nH]1. The third-order valence-electron chi connectivity index (χ3n) is 16.5. The quantitative estimate of drug-likeness (QED) is 0.0791. The maximum Gasteiger partial charge on any atom is 0.489 e. The molecule has 0 saturated carbocycles. The number of aromatic nitrogens is 6. The highest BCUT2D eigenvalue weighted by atomic mass is 79.9. The van der Waals surface area contributed by atoms with Crippen molar-refractivity contribution in [2.24, 2.45) is 0 Å². The number of nitrogen functional groups attached to an aromatic ring is 1. The number of aromatic amines is 1. The number of benzene rings is 6. The molecular weight excluding hydrogens is 1470 g/mol. The Balaban J connectivity index is 0.000000407. The molecule has 25 heteroatoms. The highest BCUT2D eigenvalue weighted by Gasteiger charge is 2.51. The molecule has 1 fully saturated rings. The molecule has 0 radical (unpaired) electrons. The van der Waals surface area contributed by atoms with Gasteiger partial charge in [-0.2, -0.15) is 28.8 Å². The number of halogens is 2. The highest BCUT2D eigenvalue weighted by molar-refractivity contribution is 9.10. The Labute approximate surface area is 632 Å². The monoisotopic (exact) mass is 1560 g/mol. The van der Waals surface area contributed by atoms with Gasteiger partial charge in [-0.05, 0) is 205 Å². The van der Waals surface area contributed by atoms with E-state index in [4.69, 9.17) is 48.9 Å². The van der Waals surface area contributed by atoms with Gasteiger partial charge in [-0.25, -0.2) is 14.5 Å². The van der Waals surface area contributed by atoms with Crippen LogP contribution in [-0.4, -0.2) is 80.8 Å². The zero-order valence-corrected chi connectivity index (χ0v) is 65.8. The lowest BCUT2D eigenvalue weighted by Crippen LogP contribution is -2.41. The van der Waals surface area contributed by atoms with E-state index in [0.29, 0.717) is 24.8 Å². The number of nitrogens with one attached hydrogen (secondary N) is 1. The van der Waals surface area contributed by atoms with E-state index in [0.717, 1.165) is 67.6 Å². The van der Waals surface area contributed by atoms with Crippen LogP contribution < -0.4 is 5.73 Å². The van der Waals surface area contributed by atoms with Crippen molar-refractivity contribution in [3.05, 3.63) is 296 Å². The van der Waals surface area contributed by atoms with Crippen LogP contribution in [-0.2, 0) is 70.6 Å². The van der Waals surface area contributed by atoms with Crippen molar-refractivity contribution < 1.29 is 53.0 Å². The summed E-state index contributed by atoms with van der Waals surface area (Å²) in [5.41, 5.74) is 30.0. The van der Waals surface area contributed by atoms with Crippen LogP contribution in [0.3, 0.4) is 0 Å². The first-order valence-corrected chi connectivity index (χ1v) is 34.4. The van der Waals surface area contributed by atoms with Gasteiger partial charge in [0.25, 0.3) is 0 Å². The van der Waals surface area contributed by atoms with Gasteiger partial charge in [0.05, 0.1) is 43.3 Å². The number of fused-ring (bicyclic) bond motifs is 4. The Hall–Kier alpha value is -10.4. The van der Waals surface area contributed by atoms with Gasteiger partial charge in [-0.3, -0.25) is 0 Å². The van der Waals surface area contributed by atoms with Crippen molar-refractivity contribution in [1.29, 1.82) is 0 Å². The molecule has 3 aromatic heterocycles. The second kappa shape index (κ2) is 44.3. The van der Waals surface area contributed by atoms with E-state index in [2.05, 4.69) is 204 Å². The van der Waals surface area contributed by atoms with Gasteiger partial charge in [0, 0.05) is 21.1 Å². The first kappa shape index (κ1) is 90.6. The van der Waals surface area contributed by atoms with Crippen LogP contribution in [0.5, 0.6) is 0 Å². The van der Waals surface area contributed by atoms with Crippen molar-refractivity contribution in [2.45, 2.75) is 160 Å². The maximum absolute atomic E-state index is 11.0. The Morgan fingerprint density at radius 2 is 1.13 bits per heavy atom. The second-order valence-corrected chi connectivity index (χ2v) is 27.7. The lowest BCUT2D eigenvalue weighted by molar-refractivity contribution is -0.396. The van der Waals surface area contributed by atoms with Gasteiger partial charge in [0.15, 0.2) is 0 Å². The summed E-state index contributed by atoms with van der Waals surface area (Å²) in [5.74, 6) is 0.837. The Bertz CT molecular complexity index is 4480.